The van der Waals surface area contributed by atoms with Crippen molar-refractivity contribution in [1.29, 1.82) is 0 Å². The second-order valence-electron chi connectivity index (χ2n) is 3.16. The molecule has 0 heterocycles. The fraction of sp³-hybridized carbons (Fsp3) is 0.300. The Morgan fingerprint density at radius 3 is 2.71 bits per heavy atom. The number of hydrogen-bond donors (Lipinski definition) is 1. The zero-order valence-electron chi connectivity index (χ0n) is 7.63. The Labute approximate surface area is 80.2 Å². The zero-order valence-corrected chi connectivity index (χ0v) is 7.63. The van der Waals surface area contributed by atoms with Crippen LogP contribution in [0, 0.1) is 17.6 Å². The van der Waals surface area contributed by atoms with E-state index < -0.39 is 23.5 Å². The summed E-state index contributed by atoms with van der Waals surface area (Å²) in [5.41, 5.74) is 0.0971. The normalized spacial score (nSPS) is 12.5. The summed E-state index contributed by atoms with van der Waals surface area (Å²) in [5.74, 6) is -3.64. The SMILES string of the molecule is C[C@@H](Cc1cccc(F)c1F)C(=O)O. The fourth-order valence-corrected chi connectivity index (χ4v) is 1.12. The molecular weight excluding hydrogens is 190 g/mol. The van der Waals surface area contributed by atoms with Crippen molar-refractivity contribution in [2.75, 3.05) is 0 Å². The van der Waals surface area contributed by atoms with E-state index in [9.17, 15) is 13.6 Å². The molecule has 0 aliphatic rings. The quantitative estimate of drug-likeness (QED) is 0.812. The molecule has 0 amide bonds. The zero-order chi connectivity index (χ0) is 10.7. The molecule has 1 aromatic carbocycles. The van der Waals surface area contributed by atoms with E-state index >= 15 is 0 Å². The Balaban J connectivity index is 2.87. The van der Waals surface area contributed by atoms with Crippen LogP contribution in [0.2, 0.25) is 0 Å². The van der Waals surface area contributed by atoms with Crippen molar-refractivity contribution in [3.63, 3.8) is 0 Å². The highest BCUT2D eigenvalue weighted by Gasteiger charge is 2.15. The Morgan fingerprint density at radius 2 is 2.14 bits per heavy atom. The van der Waals surface area contributed by atoms with E-state index in [-0.39, 0.29) is 12.0 Å². The van der Waals surface area contributed by atoms with E-state index in [2.05, 4.69) is 0 Å². The smallest absolute Gasteiger partial charge is 0.306 e. The first-order chi connectivity index (χ1) is 6.52. The molecule has 0 unspecified atom stereocenters. The molecule has 1 rings (SSSR count). The van der Waals surface area contributed by atoms with Crippen LogP contribution in [0.25, 0.3) is 0 Å². The molecule has 4 heteroatoms. The maximum Gasteiger partial charge on any atom is 0.306 e. The molecule has 0 saturated carbocycles. The van der Waals surface area contributed by atoms with Crippen LogP contribution in [0.5, 0.6) is 0 Å². The Morgan fingerprint density at radius 1 is 1.50 bits per heavy atom. The van der Waals surface area contributed by atoms with E-state index in [4.69, 9.17) is 5.11 Å². The van der Waals surface area contributed by atoms with Gasteiger partial charge in [-0.15, -0.1) is 0 Å². The van der Waals surface area contributed by atoms with Crippen LogP contribution in [0.1, 0.15) is 12.5 Å². The number of halogens is 2. The lowest BCUT2D eigenvalue weighted by atomic mass is 10.0. The van der Waals surface area contributed by atoms with Gasteiger partial charge in [0.15, 0.2) is 11.6 Å². The minimum absolute atomic E-state index is 0.00106. The number of hydrogen-bond acceptors (Lipinski definition) is 1. The van der Waals surface area contributed by atoms with E-state index in [1.165, 1.54) is 19.1 Å². The van der Waals surface area contributed by atoms with Crippen molar-refractivity contribution in [2.45, 2.75) is 13.3 Å². The van der Waals surface area contributed by atoms with Crippen molar-refractivity contribution in [3.8, 4) is 0 Å². The van der Waals surface area contributed by atoms with Crippen molar-refractivity contribution in [3.05, 3.63) is 35.4 Å². The van der Waals surface area contributed by atoms with Gasteiger partial charge in [0, 0.05) is 0 Å². The molecule has 0 spiro atoms. The van der Waals surface area contributed by atoms with Gasteiger partial charge in [0.2, 0.25) is 0 Å². The highest BCUT2D eigenvalue weighted by molar-refractivity contribution is 5.69. The topological polar surface area (TPSA) is 37.3 Å². The minimum Gasteiger partial charge on any atom is -0.481 e. The number of benzene rings is 1. The summed E-state index contributed by atoms with van der Waals surface area (Å²) in [6.07, 6.45) is -0.00106. The Bertz CT molecular complexity index is 350. The first kappa shape index (κ1) is 10.6. The number of carboxylic acid groups (broad SMARTS) is 1. The second kappa shape index (κ2) is 4.17. The second-order valence-corrected chi connectivity index (χ2v) is 3.16. The molecule has 0 fully saturated rings. The van der Waals surface area contributed by atoms with Gasteiger partial charge in [-0.3, -0.25) is 4.79 Å². The molecule has 0 aliphatic heterocycles. The lowest BCUT2D eigenvalue weighted by molar-refractivity contribution is -0.141. The van der Waals surface area contributed by atoms with Gasteiger partial charge in [0.05, 0.1) is 5.92 Å². The average molecular weight is 200 g/mol. The number of aliphatic carboxylic acids is 1. The molecule has 0 aromatic heterocycles. The van der Waals surface area contributed by atoms with E-state index in [0.29, 0.717) is 0 Å². The molecule has 0 aliphatic carbocycles. The number of carbonyl (C=O) groups is 1. The fourth-order valence-electron chi connectivity index (χ4n) is 1.12. The third-order valence-corrected chi connectivity index (χ3v) is 1.98. The van der Waals surface area contributed by atoms with Crippen LogP contribution in [0.3, 0.4) is 0 Å². The first-order valence-corrected chi connectivity index (χ1v) is 4.18. The predicted octanol–water partition coefficient (Wildman–Crippen LogP) is 2.23. The summed E-state index contributed by atoms with van der Waals surface area (Å²) >= 11 is 0. The first-order valence-electron chi connectivity index (χ1n) is 4.18. The molecule has 14 heavy (non-hydrogen) atoms. The van der Waals surface area contributed by atoms with E-state index in [0.717, 1.165) is 6.07 Å². The Hall–Kier alpha value is -1.45. The molecule has 0 bridgehead atoms. The standard InChI is InChI=1S/C10H10F2O2/c1-6(10(13)14)5-7-3-2-4-8(11)9(7)12/h2-4,6H,5H2,1H3,(H,13,14)/t6-/m0/s1. The van der Waals surface area contributed by atoms with Crippen molar-refractivity contribution < 1.29 is 18.7 Å². The summed E-state index contributed by atoms with van der Waals surface area (Å²) in [4.78, 5) is 10.5. The van der Waals surface area contributed by atoms with Crippen LogP contribution in [0.4, 0.5) is 8.78 Å². The van der Waals surface area contributed by atoms with E-state index in [1.807, 2.05) is 0 Å². The van der Waals surface area contributed by atoms with Gasteiger partial charge in [-0.2, -0.15) is 0 Å². The molecule has 1 N–H and O–H groups in total. The van der Waals surface area contributed by atoms with Gasteiger partial charge in [-0.1, -0.05) is 19.1 Å². The molecule has 2 nitrogen and oxygen atoms in total. The number of carboxylic acids is 1. The van der Waals surface area contributed by atoms with Gasteiger partial charge in [-0.05, 0) is 18.1 Å². The van der Waals surface area contributed by atoms with Crippen LogP contribution in [0.15, 0.2) is 18.2 Å². The van der Waals surface area contributed by atoms with Crippen LogP contribution < -0.4 is 0 Å². The predicted molar refractivity (Wildman–Crippen MR) is 46.9 cm³/mol. The third-order valence-electron chi connectivity index (χ3n) is 1.98. The number of rotatable bonds is 3. The Kier molecular flexibility index (Phi) is 3.17. The third kappa shape index (κ3) is 2.28. The van der Waals surface area contributed by atoms with Gasteiger partial charge < -0.3 is 5.11 Å². The van der Waals surface area contributed by atoms with Gasteiger partial charge >= 0.3 is 5.97 Å². The maximum absolute atomic E-state index is 13.1. The van der Waals surface area contributed by atoms with Crippen LogP contribution in [-0.2, 0) is 11.2 Å². The van der Waals surface area contributed by atoms with Crippen LogP contribution >= 0.6 is 0 Å². The summed E-state index contributed by atoms with van der Waals surface area (Å²) in [6.45, 7) is 1.45. The highest BCUT2D eigenvalue weighted by atomic mass is 19.2. The van der Waals surface area contributed by atoms with Gasteiger partial charge in [0.25, 0.3) is 0 Å². The monoisotopic (exact) mass is 200 g/mol. The minimum atomic E-state index is -1.02. The average Bonchev–Trinajstić information content (AvgIpc) is 2.12. The van der Waals surface area contributed by atoms with Crippen LogP contribution in [-0.4, -0.2) is 11.1 Å². The molecule has 0 radical (unpaired) electrons. The summed E-state index contributed by atoms with van der Waals surface area (Å²) in [7, 11) is 0. The van der Waals surface area contributed by atoms with Crippen molar-refractivity contribution >= 4 is 5.97 Å². The molecular formula is C10H10F2O2. The van der Waals surface area contributed by atoms with Gasteiger partial charge in [0.1, 0.15) is 0 Å². The van der Waals surface area contributed by atoms with Gasteiger partial charge in [-0.25, -0.2) is 8.78 Å². The largest absolute Gasteiger partial charge is 0.481 e. The molecule has 1 aromatic rings. The molecule has 1 atom stereocenters. The summed E-state index contributed by atoms with van der Waals surface area (Å²) < 4.78 is 25.8. The summed E-state index contributed by atoms with van der Waals surface area (Å²) in [5, 5.41) is 8.59. The molecule has 0 saturated heterocycles. The van der Waals surface area contributed by atoms with E-state index in [1.54, 1.807) is 0 Å². The van der Waals surface area contributed by atoms with Crippen molar-refractivity contribution in [1.82, 2.24) is 0 Å². The molecule has 76 valence electrons. The lowest BCUT2D eigenvalue weighted by Gasteiger charge is -2.07. The van der Waals surface area contributed by atoms with Crippen molar-refractivity contribution in [2.24, 2.45) is 5.92 Å². The highest BCUT2D eigenvalue weighted by Crippen LogP contribution is 2.15. The maximum atomic E-state index is 13.1. The summed E-state index contributed by atoms with van der Waals surface area (Å²) in [6, 6.07) is 3.75. The lowest BCUT2D eigenvalue weighted by Crippen LogP contribution is -2.13.